The average Bonchev–Trinajstić information content (AvgIpc) is 2.76. The summed E-state index contributed by atoms with van der Waals surface area (Å²) >= 11 is 4.87. The monoisotopic (exact) mass is 499 g/mol. The number of hydrogen-bond acceptors (Lipinski definition) is 6. The molecule has 0 radical (unpaired) electrons. The number of aromatic hydroxyl groups is 1. The molecule has 2 aromatic carbocycles. The van der Waals surface area contributed by atoms with Crippen molar-refractivity contribution in [3.05, 3.63) is 62.6 Å². The summed E-state index contributed by atoms with van der Waals surface area (Å²) in [6, 6.07) is 14.0. The minimum absolute atomic E-state index is 0.0151. The summed E-state index contributed by atoms with van der Waals surface area (Å²) in [7, 11) is 0. The van der Waals surface area contributed by atoms with Gasteiger partial charge >= 0.3 is 0 Å². The van der Waals surface area contributed by atoms with Crippen LogP contribution < -0.4 is 9.64 Å². The van der Waals surface area contributed by atoms with Crippen molar-refractivity contribution < 1.29 is 14.6 Å². The number of phenolic OH excluding ortho intramolecular Hbond substituents is 1. The summed E-state index contributed by atoms with van der Waals surface area (Å²) in [5.74, 6) is 0.612. The largest absolute Gasteiger partial charge is 0.503 e. The minimum atomic E-state index is -0.377. The van der Waals surface area contributed by atoms with Crippen LogP contribution in [0.5, 0.6) is 11.5 Å². The molecule has 0 saturated carbocycles. The van der Waals surface area contributed by atoms with Crippen LogP contribution in [0.4, 0.5) is 5.69 Å². The molecule has 1 fully saturated rings. The first-order valence-electron chi connectivity index (χ1n) is 9.97. The zero-order valence-electron chi connectivity index (χ0n) is 17.3. The number of rotatable bonds is 4. The van der Waals surface area contributed by atoms with Gasteiger partial charge in [-0.05, 0) is 65.2 Å². The molecule has 8 heteroatoms. The van der Waals surface area contributed by atoms with Gasteiger partial charge in [0.15, 0.2) is 11.5 Å². The Hall–Kier alpha value is -2.63. The summed E-state index contributed by atoms with van der Waals surface area (Å²) in [5.41, 5.74) is 3.57. The molecule has 0 aliphatic carbocycles. The third-order valence-corrected chi connectivity index (χ3v) is 7.17. The number of ether oxygens (including phenoxy) is 1. The number of benzene rings is 2. The topological polar surface area (TPSA) is 76.8 Å². The van der Waals surface area contributed by atoms with E-state index < -0.39 is 0 Å². The number of anilines is 1. The quantitative estimate of drug-likeness (QED) is 0.631. The zero-order chi connectivity index (χ0) is 22.1. The molecule has 2 aromatic rings. The predicted molar refractivity (Wildman–Crippen MR) is 125 cm³/mol. The second-order valence-corrected chi connectivity index (χ2v) is 9.27. The van der Waals surface area contributed by atoms with Gasteiger partial charge in [0.05, 0.1) is 40.3 Å². The summed E-state index contributed by atoms with van der Waals surface area (Å²) in [6.45, 7) is 4.70. The molecule has 1 atom stereocenters. The number of nitrogens with zero attached hydrogens (tertiary/aromatic N) is 3. The second-order valence-electron chi connectivity index (χ2n) is 7.49. The maximum absolute atomic E-state index is 13.1. The lowest BCUT2D eigenvalue weighted by atomic mass is 9.86. The van der Waals surface area contributed by atoms with E-state index in [1.165, 1.54) is 11.8 Å². The van der Waals surface area contributed by atoms with Gasteiger partial charge < -0.3 is 14.7 Å². The van der Waals surface area contributed by atoms with Crippen LogP contribution in [0.2, 0.25) is 0 Å². The highest BCUT2D eigenvalue weighted by atomic mass is 79.9. The summed E-state index contributed by atoms with van der Waals surface area (Å²) < 4.78 is 6.02. The van der Waals surface area contributed by atoms with E-state index in [0.717, 1.165) is 21.8 Å². The first-order chi connectivity index (χ1) is 14.9. The Balaban J connectivity index is 1.69. The van der Waals surface area contributed by atoms with Crippen LogP contribution in [0.3, 0.4) is 0 Å². The van der Waals surface area contributed by atoms with Gasteiger partial charge in [-0.1, -0.05) is 23.9 Å². The molecule has 0 spiro atoms. The molecule has 160 valence electrons. The fourth-order valence-corrected chi connectivity index (χ4v) is 5.52. The molecule has 1 amide bonds. The molecule has 4 rings (SSSR count). The number of fused-ring (bicyclic) bond motifs is 1. The maximum atomic E-state index is 13.1. The van der Waals surface area contributed by atoms with Gasteiger partial charge in [0.1, 0.15) is 0 Å². The van der Waals surface area contributed by atoms with Crippen molar-refractivity contribution in [2.75, 3.05) is 24.1 Å². The number of thioether (sulfide) groups is 1. The normalized spacial score (nSPS) is 18.6. The number of allylic oxidation sites excluding steroid dienone is 1. The van der Waals surface area contributed by atoms with Gasteiger partial charge in [-0.2, -0.15) is 5.26 Å². The van der Waals surface area contributed by atoms with Crippen LogP contribution in [0.15, 0.2) is 51.5 Å². The molecule has 2 heterocycles. The molecular formula is C23H22BrN3O3S. The highest BCUT2D eigenvalue weighted by Gasteiger charge is 2.38. The molecule has 2 aliphatic heterocycles. The average molecular weight is 500 g/mol. The molecule has 6 nitrogen and oxygen atoms in total. The lowest BCUT2D eigenvalue weighted by molar-refractivity contribution is -0.129. The number of aryl methyl sites for hydroxylation is 1. The maximum Gasteiger partial charge on any atom is 0.229 e. The van der Waals surface area contributed by atoms with Gasteiger partial charge in [-0.25, -0.2) is 0 Å². The number of carbonyl (C=O) groups excluding carboxylic acids is 1. The van der Waals surface area contributed by atoms with E-state index >= 15 is 0 Å². The van der Waals surface area contributed by atoms with Gasteiger partial charge in [0, 0.05) is 18.0 Å². The van der Waals surface area contributed by atoms with E-state index in [-0.39, 0.29) is 24.0 Å². The lowest BCUT2D eigenvalue weighted by Gasteiger charge is -2.42. The fourth-order valence-electron chi connectivity index (χ4n) is 3.90. The van der Waals surface area contributed by atoms with Crippen molar-refractivity contribution in [1.29, 1.82) is 5.26 Å². The van der Waals surface area contributed by atoms with Crippen LogP contribution in [0.25, 0.3) is 0 Å². The number of hydrogen-bond donors (Lipinski definition) is 1. The molecule has 0 unspecified atom stereocenters. The van der Waals surface area contributed by atoms with Crippen molar-refractivity contribution in [3.8, 4) is 17.6 Å². The van der Waals surface area contributed by atoms with Gasteiger partial charge in [0.25, 0.3) is 0 Å². The van der Waals surface area contributed by atoms with Crippen molar-refractivity contribution >= 4 is 39.3 Å². The van der Waals surface area contributed by atoms with E-state index in [9.17, 15) is 15.2 Å². The predicted octanol–water partition coefficient (Wildman–Crippen LogP) is 5.08. The number of phenols is 1. The van der Waals surface area contributed by atoms with Crippen LogP contribution in [0, 0.1) is 18.3 Å². The zero-order valence-corrected chi connectivity index (χ0v) is 19.7. The van der Waals surface area contributed by atoms with Crippen LogP contribution >= 0.6 is 27.7 Å². The number of carbonyl (C=O) groups is 1. The van der Waals surface area contributed by atoms with E-state index in [1.807, 2.05) is 32.0 Å². The molecule has 0 aromatic heterocycles. The highest BCUT2D eigenvalue weighted by Crippen LogP contribution is 2.46. The Morgan fingerprint density at radius 2 is 2.16 bits per heavy atom. The summed E-state index contributed by atoms with van der Waals surface area (Å²) in [6.07, 6.45) is 0.192. The molecule has 0 bridgehead atoms. The minimum Gasteiger partial charge on any atom is -0.503 e. The van der Waals surface area contributed by atoms with E-state index in [1.54, 1.807) is 17.0 Å². The molecule has 31 heavy (non-hydrogen) atoms. The summed E-state index contributed by atoms with van der Waals surface area (Å²) in [4.78, 5) is 17.0. The molecule has 1 saturated heterocycles. The third-order valence-electron chi connectivity index (χ3n) is 5.41. The Bertz CT molecular complexity index is 1110. The number of nitriles is 1. The Kier molecular flexibility index (Phi) is 6.17. The Labute approximate surface area is 194 Å². The van der Waals surface area contributed by atoms with E-state index in [2.05, 4.69) is 33.0 Å². The summed E-state index contributed by atoms with van der Waals surface area (Å²) in [5, 5.41) is 21.0. The number of amides is 1. The van der Waals surface area contributed by atoms with Crippen molar-refractivity contribution in [1.82, 2.24) is 4.90 Å². The SMILES string of the molecule is CCOc1cc([C@H]2CC(=O)N3CN(c4cccc(C)c4)CSC3=C2C#N)cc(Br)c1O. The van der Waals surface area contributed by atoms with Crippen molar-refractivity contribution in [3.63, 3.8) is 0 Å². The van der Waals surface area contributed by atoms with Crippen molar-refractivity contribution in [2.24, 2.45) is 0 Å². The molecule has 2 aliphatic rings. The Morgan fingerprint density at radius 3 is 2.87 bits per heavy atom. The van der Waals surface area contributed by atoms with E-state index in [4.69, 9.17) is 4.74 Å². The van der Waals surface area contributed by atoms with Crippen LogP contribution in [-0.2, 0) is 4.79 Å². The first-order valence-corrected chi connectivity index (χ1v) is 11.7. The van der Waals surface area contributed by atoms with Crippen molar-refractivity contribution in [2.45, 2.75) is 26.2 Å². The molecular weight excluding hydrogens is 478 g/mol. The van der Waals surface area contributed by atoms with Gasteiger partial charge in [0.2, 0.25) is 5.91 Å². The lowest BCUT2D eigenvalue weighted by Crippen LogP contribution is -2.47. The van der Waals surface area contributed by atoms with Crippen LogP contribution in [0.1, 0.15) is 30.4 Å². The van der Waals surface area contributed by atoms with Gasteiger partial charge in [-0.15, -0.1) is 0 Å². The standard InChI is InChI=1S/C23H22BrN3O3S/c1-3-30-20-9-15(8-19(24)22(20)29)17-10-21(28)27-12-26(13-31-23(27)18(17)11-25)16-6-4-5-14(2)7-16/h4-9,17,29H,3,10,12-13H2,1-2H3/t17-/m1/s1. The molecule has 1 N–H and O–H groups in total. The van der Waals surface area contributed by atoms with E-state index in [0.29, 0.717) is 34.9 Å². The van der Waals surface area contributed by atoms with Gasteiger partial charge in [-0.3, -0.25) is 9.69 Å². The first kappa shape index (κ1) is 21.6. The van der Waals surface area contributed by atoms with Crippen LogP contribution in [-0.4, -0.2) is 35.1 Å². The highest BCUT2D eigenvalue weighted by molar-refractivity contribution is 9.10. The second kappa shape index (κ2) is 8.85. The smallest absolute Gasteiger partial charge is 0.229 e. The Morgan fingerprint density at radius 1 is 1.35 bits per heavy atom. The fraction of sp³-hybridized carbons (Fsp3) is 0.304. The third kappa shape index (κ3) is 4.12. The number of halogens is 1.